The summed E-state index contributed by atoms with van der Waals surface area (Å²) in [5.74, 6) is -0.220. The minimum atomic E-state index is -0.628. The Kier molecular flexibility index (Phi) is 8.46. The Morgan fingerprint density at radius 3 is 2.38 bits per heavy atom. The van der Waals surface area contributed by atoms with Gasteiger partial charge in [0.1, 0.15) is 18.4 Å². The molecule has 0 radical (unpaired) electrons. The lowest BCUT2D eigenvalue weighted by Crippen LogP contribution is -2.52. The molecule has 40 heavy (non-hydrogen) atoms. The zero-order valence-electron chi connectivity index (χ0n) is 22.8. The van der Waals surface area contributed by atoms with Crippen LogP contribution in [0, 0.1) is 0 Å². The minimum absolute atomic E-state index is 0.189. The number of carboxylic acid groups (broad SMARTS) is 1. The number of hydrogen-bond donors (Lipinski definition) is 2. The molecule has 6 rings (SSSR count). The lowest BCUT2D eigenvalue weighted by atomic mass is 10.0. The van der Waals surface area contributed by atoms with E-state index in [1.54, 1.807) is 11.0 Å². The van der Waals surface area contributed by atoms with Crippen LogP contribution in [0.4, 0.5) is 0 Å². The zero-order valence-corrected chi connectivity index (χ0v) is 22.8. The molecule has 0 aromatic heterocycles. The Morgan fingerprint density at radius 1 is 1.02 bits per heavy atom. The Bertz CT molecular complexity index is 1250. The van der Waals surface area contributed by atoms with Gasteiger partial charge in [-0.25, -0.2) is 0 Å². The number of piperidine rings is 1. The van der Waals surface area contributed by atoms with Crippen molar-refractivity contribution in [3.8, 4) is 5.75 Å². The van der Waals surface area contributed by atoms with Crippen molar-refractivity contribution in [2.45, 2.75) is 63.9 Å². The Hall–Kier alpha value is -3.76. The summed E-state index contributed by atoms with van der Waals surface area (Å²) >= 11 is 0. The van der Waals surface area contributed by atoms with Gasteiger partial charge in [0.2, 0.25) is 11.8 Å². The molecule has 212 valence electrons. The van der Waals surface area contributed by atoms with E-state index in [9.17, 15) is 14.4 Å². The van der Waals surface area contributed by atoms with Gasteiger partial charge in [0, 0.05) is 55.8 Å². The highest BCUT2D eigenvalue weighted by atomic mass is 16.5. The summed E-state index contributed by atoms with van der Waals surface area (Å²) in [5.41, 5.74) is 3.74. The molecule has 2 aromatic rings. The number of benzene rings is 2. The molecular weight excluding hydrogens is 512 g/mol. The van der Waals surface area contributed by atoms with Crippen molar-refractivity contribution >= 4 is 24.2 Å². The zero-order chi connectivity index (χ0) is 28.2. The Balaban J connectivity index is 0.00000103. The number of carbonyl (C=O) groups excluding carboxylic acids is 3. The standard InChI is InChI=1S/C29H34N4O4.CH2O2/c1-19(31-13-15-32(16-14-31)22-9-10-22)21-7-5-20(6-8-21)18-37-26-4-2-3-23-24(26)17-33(29(23)36)25-11-12-27(34)30-28(25)35;2-1-3/h2-8,19,22,25H,9-18H2,1H3,(H,30,34,35);1H,(H,2,3)/t19-,25?;/m1./s1. The summed E-state index contributed by atoms with van der Waals surface area (Å²) in [5, 5.41) is 9.24. The van der Waals surface area contributed by atoms with Crippen molar-refractivity contribution in [3.05, 3.63) is 64.7 Å². The number of nitrogens with zero attached hydrogens (tertiary/aromatic N) is 3. The first kappa shape index (κ1) is 27.8. The maximum absolute atomic E-state index is 13.0. The van der Waals surface area contributed by atoms with Crippen LogP contribution < -0.4 is 10.1 Å². The molecule has 3 aliphatic heterocycles. The third-order valence-corrected chi connectivity index (χ3v) is 8.36. The monoisotopic (exact) mass is 548 g/mol. The molecule has 0 bridgehead atoms. The first-order valence-corrected chi connectivity index (χ1v) is 13.9. The summed E-state index contributed by atoms with van der Waals surface area (Å²) in [6.45, 7) is 7.33. The molecule has 2 aromatic carbocycles. The first-order valence-electron chi connectivity index (χ1n) is 13.9. The fourth-order valence-electron chi connectivity index (χ4n) is 5.89. The fraction of sp³-hybridized carbons (Fsp3) is 0.467. The smallest absolute Gasteiger partial charge is 0.290 e. The number of carbonyl (C=O) groups is 4. The van der Waals surface area contributed by atoms with Gasteiger partial charge in [0.15, 0.2) is 0 Å². The average Bonchev–Trinajstić information content (AvgIpc) is 3.76. The van der Waals surface area contributed by atoms with Crippen LogP contribution in [-0.2, 0) is 27.5 Å². The number of hydrogen-bond acceptors (Lipinski definition) is 7. The molecule has 3 amide bonds. The van der Waals surface area contributed by atoms with Crippen LogP contribution >= 0.6 is 0 Å². The molecule has 3 heterocycles. The molecule has 1 aliphatic carbocycles. The van der Waals surface area contributed by atoms with Crippen LogP contribution in [0.25, 0.3) is 0 Å². The summed E-state index contributed by atoms with van der Waals surface area (Å²) in [4.78, 5) is 52.0. The van der Waals surface area contributed by atoms with Crippen LogP contribution in [0.3, 0.4) is 0 Å². The SMILES string of the molecule is C[C@H](c1ccc(COc2cccc3c2CN(C2CCC(=O)NC2=O)C3=O)cc1)N1CCN(C2CC2)CC1.O=CO. The molecular formula is C30H36N4O6. The van der Waals surface area contributed by atoms with Crippen molar-refractivity contribution in [3.63, 3.8) is 0 Å². The maximum atomic E-state index is 13.0. The van der Waals surface area contributed by atoms with Crippen molar-refractivity contribution in [1.29, 1.82) is 0 Å². The van der Waals surface area contributed by atoms with Crippen LogP contribution in [-0.4, -0.2) is 82.3 Å². The van der Waals surface area contributed by atoms with Gasteiger partial charge < -0.3 is 14.7 Å². The van der Waals surface area contributed by atoms with Crippen LogP contribution in [0.2, 0.25) is 0 Å². The lowest BCUT2D eigenvalue weighted by Gasteiger charge is -2.38. The van der Waals surface area contributed by atoms with E-state index in [0.717, 1.165) is 30.3 Å². The molecule has 0 spiro atoms. The second kappa shape index (κ2) is 12.2. The average molecular weight is 549 g/mol. The lowest BCUT2D eigenvalue weighted by molar-refractivity contribution is -0.137. The first-order chi connectivity index (χ1) is 19.4. The molecule has 10 nitrogen and oxygen atoms in total. The van der Waals surface area contributed by atoms with Crippen molar-refractivity contribution in [2.75, 3.05) is 26.2 Å². The number of ether oxygens (including phenoxy) is 1. The summed E-state index contributed by atoms with van der Waals surface area (Å²) in [7, 11) is 0. The summed E-state index contributed by atoms with van der Waals surface area (Å²) < 4.78 is 6.17. The van der Waals surface area contributed by atoms with Crippen LogP contribution in [0.15, 0.2) is 42.5 Å². The van der Waals surface area contributed by atoms with Gasteiger partial charge >= 0.3 is 0 Å². The van der Waals surface area contributed by atoms with Crippen molar-refractivity contribution in [1.82, 2.24) is 20.0 Å². The predicted octanol–water partition coefficient (Wildman–Crippen LogP) is 2.57. The predicted molar refractivity (Wildman–Crippen MR) is 147 cm³/mol. The fourth-order valence-corrected chi connectivity index (χ4v) is 5.89. The number of imide groups is 1. The summed E-state index contributed by atoms with van der Waals surface area (Å²) in [6, 6.07) is 14.7. The van der Waals surface area contributed by atoms with Gasteiger partial charge in [0.25, 0.3) is 12.4 Å². The number of fused-ring (bicyclic) bond motifs is 1. The second-order valence-electron chi connectivity index (χ2n) is 10.8. The topological polar surface area (TPSA) is 119 Å². The number of nitrogens with one attached hydrogen (secondary N) is 1. The third kappa shape index (κ3) is 6.03. The van der Waals surface area contributed by atoms with Gasteiger partial charge in [0.05, 0.1) is 6.54 Å². The molecule has 3 fully saturated rings. The Labute approximate surface area is 233 Å². The number of amides is 3. The molecule has 2 saturated heterocycles. The highest BCUT2D eigenvalue weighted by Gasteiger charge is 2.40. The van der Waals surface area contributed by atoms with E-state index in [1.165, 1.54) is 31.5 Å². The molecule has 10 heteroatoms. The van der Waals surface area contributed by atoms with E-state index in [2.05, 4.69) is 46.3 Å². The van der Waals surface area contributed by atoms with E-state index in [-0.39, 0.29) is 24.7 Å². The maximum Gasteiger partial charge on any atom is 0.290 e. The van der Waals surface area contributed by atoms with Gasteiger partial charge in [-0.2, -0.15) is 0 Å². The van der Waals surface area contributed by atoms with E-state index in [0.29, 0.717) is 36.9 Å². The van der Waals surface area contributed by atoms with Gasteiger partial charge in [-0.05, 0) is 49.4 Å². The van der Waals surface area contributed by atoms with Gasteiger partial charge in [-0.15, -0.1) is 0 Å². The van der Waals surface area contributed by atoms with Gasteiger partial charge in [-0.1, -0.05) is 30.3 Å². The van der Waals surface area contributed by atoms with Crippen LogP contribution in [0.5, 0.6) is 5.75 Å². The number of piperazine rings is 1. The van der Waals surface area contributed by atoms with Crippen molar-refractivity contribution in [2.24, 2.45) is 0 Å². The van der Waals surface area contributed by atoms with Crippen molar-refractivity contribution < 1.29 is 29.0 Å². The largest absolute Gasteiger partial charge is 0.489 e. The van der Waals surface area contributed by atoms with E-state index in [4.69, 9.17) is 14.6 Å². The molecule has 2 atom stereocenters. The molecule has 2 N–H and O–H groups in total. The van der Waals surface area contributed by atoms with E-state index < -0.39 is 11.9 Å². The number of rotatable bonds is 7. The second-order valence-corrected chi connectivity index (χ2v) is 10.8. The third-order valence-electron chi connectivity index (χ3n) is 8.36. The normalized spacial score (nSPS) is 22.2. The molecule has 4 aliphatic rings. The van der Waals surface area contributed by atoms with E-state index >= 15 is 0 Å². The Morgan fingerprint density at radius 2 is 1.73 bits per heavy atom. The summed E-state index contributed by atoms with van der Waals surface area (Å²) in [6.07, 6.45) is 3.34. The highest BCUT2D eigenvalue weighted by molar-refractivity contribution is 6.05. The van der Waals surface area contributed by atoms with Crippen LogP contribution in [0.1, 0.15) is 65.7 Å². The molecule has 1 saturated carbocycles. The van der Waals surface area contributed by atoms with E-state index in [1.807, 2.05) is 12.1 Å². The molecule has 1 unspecified atom stereocenters. The highest BCUT2D eigenvalue weighted by Crippen LogP contribution is 2.34. The van der Waals surface area contributed by atoms with Gasteiger partial charge in [-0.3, -0.25) is 34.3 Å². The minimum Gasteiger partial charge on any atom is -0.489 e. The quantitative estimate of drug-likeness (QED) is 0.400.